The van der Waals surface area contributed by atoms with E-state index in [9.17, 15) is 5.11 Å². The van der Waals surface area contributed by atoms with Crippen LogP contribution >= 0.6 is 0 Å². The Hall–Kier alpha value is -1.33. The average molecular weight is 388 g/mol. The summed E-state index contributed by atoms with van der Waals surface area (Å²) >= 11 is 0. The van der Waals surface area contributed by atoms with Gasteiger partial charge in [-0.1, -0.05) is 18.1 Å². The van der Waals surface area contributed by atoms with Gasteiger partial charge in [-0.15, -0.1) is 0 Å². The molecule has 5 heteroatoms. The SMILES string of the molecule is CO/N=C1\CCC2(O)C3CCc4cc(O[Si](C)(C)C)ccc4C3CCC12C. The molecule has 0 radical (unpaired) electrons. The fourth-order valence-corrected chi connectivity index (χ4v) is 6.84. The summed E-state index contributed by atoms with van der Waals surface area (Å²) in [6.45, 7) is 8.87. The number of rotatable bonds is 3. The molecule has 4 nitrogen and oxygen atoms in total. The highest BCUT2D eigenvalue weighted by Gasteiger charge is 2.63. The Bertz CT molecular complexity index is 771. The van der Waals surface area contributed by atoms with Crippen LogP contribution in [0.25, 0.3) is 0 Å². The van der Waals surface area contributed by atoms with Crippen LogP contribution in [-0.4, -0.2) is 31.8 Å². The summed E-state index contributed by atoms with van der Waals surface area (Å²) in [5, 5.41) is 16.1. The standard InChI is InChI=1S/C22H33NO3Si/c1-21-12-10-18-17-8-7-16(26-27(3,4)5)14-15(17)6-9-19(18)22(21,24)13-11-20(21)23-25-2/h7-8,14,18-19,24H,6,9-13H2,1-5H3/b23-20+. The zero-order chi connectivity index (χ0) is 19.4. The van der Waals surface area contributed by atoms with Crippen molar-refractivity contribution < 1.29 is 14.4 Å². The summed E-state index contributed by atoms with van der Waals surface area (Å²) in [6, 6.07) is 6.67. The second-order valence-electron chi connectivity index (χ2n) is 9.84. The molecular formula is C22H33NO3Si. The van der Waals surface area contributed by atoms with Crippen LogP contribution in [0.3, 0.4) is 0 Å². The molecule has 0 heterocycles. The van der Waals surface area contributed by atoms with Gasteiger partial charge >= 0.3 is 0 Å². The quantitative estimate of drug-likeness (QED) is 0.594. The molecule has 0 bridgehead atoms. The Morgan fingerprint density at radius 3 is 2.63 bits per heavy atom. The van der Waals surface area contributed by atoms with Gasteiger partial charge in [0.2, 0.25) is 8.32 Å². The maximum absolute atomic E-state index is 11.8. The second kappa shape index (κ2) is 6.34. The van der Waals surface area contributed by atoms with E-state index in [-0.39, 0.29) is 5.41 Å². The third kappa shape index (κ3) is 2.94. The molecule has 27 heavy (non-hydrogen) atoms. The summed E-state index contributed by atoms with van der Waals surface area (Å²) in [4.78, 5) is 5.10. The van der Waals surface area contributed by atoms with Gasteiger partial charge in [-0.3, -0.25) is 0 Å². The molecule has 4 atom stereocenters. The zero-order valence-corrected chi connectivity index (χ0v) is 18.3. The van der Waals surface area contributed by atoms with E-state index in [0.29, 0.717) is 11.8 Å². The van der Waals surface area contributed by atoms with Gasteiger partial charge < -0.3 is 14.4 Å². The highest BCUT2D eigenvalue weighted by atomic mass is 28.4. The van der Waals surface area contributed by atoms with Crippen molar-refractivity contribution in [2.45, 2.75) is 76.6 Å². The summed E-state index contributed by atoms with van der Waals surface area (Å²) in [7, 11) is 0.00936. The van der Waals surface area contributed by atoms with Crippen molar-refractivity contribution in [3.8, 4) is 5.75 Å². The molecule has 148 valence electrons. The number of nitrogens with zero attached hydrogens (tertiary/aromatic N) is 1. The summed E-state index contributed by atoms with van der Waals surface area (Å²) < 4.78 is 6.21. The predicted molar refractivity (Wildman–Crippen MR) is 111 cm³/mol. The van der Waals surface area contributed by atoms with Gasteiger partial charge in [0.15, 0.2) is 0 Å². The number of aryl methyl sites for hydroxylation is 1. The normalized spacial score (nSPS) is 36.7. The molecule has 0 aromatic heterocycles. The predicted octanol–water partition coefficient (Wildman–Crippen LogP) is 4.87. The minimum atomic E-state index is -1.60. The van der Waals surface area contributed by atoms with E-state index >= 15 is 0 Å². The largest absolute Gasteiger partial charge is 0.544 e. The highest BCUT2D eigenvalue weighted by molar-refractivity contribution is 6.70. The number of aliphatic hydroxyl groups is 1. The third-order valence-electron chi connectivity index (χ3n) is 7.25. The summed E-state index contributed by atoms with van der Waals surface area (Å²) in [5.74, 6) is 1.76. The molecule has 1 N–H and O–H groups in total. The van der Waals surface area contributed by atoms with Crippen molar-refractivity contribution in [2.24, 2.45) is 16.5 Å². The van der Waals surface area contributed by atoms with Crippen molar-refractivity contribution in [3.05, 3.63) is 29.3 Å². The van der Waals surface area contributed by atoms with Crippen LogP contribution in [0.5, 0.6) is 5.75 Å². The Morgan fingerprint density at radius 2 is 1.93 bits per heavy atom. The van der Waals surface area contributed by atoms with Gasteiger partial charge in [0.05, 0.1) is 11.3 Å². The zero-order valence-electron chi connectivity index (χ0n) is 17.3. The van der Waals surface area contributed by atoms with Gasteiger partial charge in [0.1, 0.15) is 12.9 Å². The van der Waals surface area contributed by atoms with Crippen LogP contribution in [0.15, 0.2) is 23.4 Å². The topological polar surface area (TPSA) is 51.0 Å². The molecular weight excluding hydrogens is 354 g/mol. The maximum atomic E-state index is 11.8. The van der Waals surface area contributed by atoms with Crippen molar-refractivity contribution in [2.75, 3.05) is 7.11 Å². The molecule has 3 aliphatic rings. The Balaban J connectivity index is 1.66. The summed E-state index contributed by atoms with van der Waals surface area (Å²) in [5.41, 5.74) is 2.99. The van der Waals surface area contributed by atoms with Crippen molar-refractivity contribution in [1.82, 2.24) is 0 Å². The van der Waals surface area contributed by atoms with Crippen molar-refractivity contribution in [3.63, 3.8) is 0 Å². The molecule has 4 unspecified atom stereocenters. The minimum absolute atomic E-state index is 0.247. The number of benzene rings is 1. The second-order valence-corrected chi connectivity index (χ2v) is 14.3. The summed E-state index contributed by atoms with van der Waals surface area (Å²) in [6.07, 6.45) is 5.79. The van der Waals surface area contributed by atoms with Crippen LogP contribution in [0.1, 0.15) is 56.1 Å². The Kier molecular flexibility index (Phi) is 4.47. The van der Waals surface area contributed by atoms with E-state index in [1.807, 2.05) is 0 Å². The van der Waals surface area contributed by atoms with Crippen LogP contribution in [-0.2, 0) is 11.3 Å². The number of fused-ring (bicyclic) bond motifs is 5. The van der Waals surface area contributed by atoms with Crippen molar-refractivity contribution >= 4 is 14.0 Å². The molecule has 0 amide bonds. The monoisotopic (exact) mass is 387 g/mol. The molecule has 0 spiro atoms. The van der Waals surface area contributed by atoms with Crippen LogP contribution in [0.4, 0.5) is 0 Å². The first-order valence-corrected chi connectivity index (χ1v) is 13.7. The van der Waals surface area contributed by atoms with Crippen LogP contribution < -0.4 is 4.43 Å². The molecule has 1 aromatic carbocycles. The molecule has 4 rings (SSSR count). The minimum Gasteiger partial charge on any atom is -0.544 e. The fourth-order valence-electron chi connectivity index (χ4n) is 6.00. The molecule has 2 saturated carbocycles. The Morgan fingerprint density at radius 1 is 1.15 bits per heavy atom. The first kappa shape index (κ1) is 19.0. The first-order chi connectivity index (χ1) is 12.7. The lowest BCUT2D eigenvalue weighted by Gasteiger charge is -2.54. The van der Waals surface area contributed by atoms with Gasteiger partial charge in [0, 0.05) is 5.41 Å². The van der Waals surface area contributed by atoms with Crippen LogP contribution in [0, 0.1) is 11.3 Å². The smallest absolute Gasteiger partial charge is 0.242 e. The lowest BCUT2D eigenvalue weighted by Crippen LogP contribution is -2.56. The van der Waals surface area contributed by atoms with Gasteiger partial charge in [-0.25, -0.2) is 0 Å². The number of hydrogen-bond acceptors (Lipinski definition) is 4. The van der Waals surface area contributed by atoms with Crippen LogP contribution in [0.2, 0.25) is 19.6 Å². The van der Waals surface area contributed by atoms with Gasteiger partial charge in [0.25, 0.3) is 0 Å². The van der Waals surface area contributed by atoms with E-state index in [4.69, 9.17) is 9.26 Å². The van der Waals surface area contributed by atoms with E-state index in [0.717, 1.165) is 50.0 Å². The maximum Gasteiger partial charge on any atom is 0.242 e. The fraction of sp³-hybridized carbons (Fsp3) is 0.682. The molecule has 1 aromatic rings. The number of oxime groups is 1. The first-order valence-electron chi connectivity index (χ1n) is 10.3. The lowest BCUT2D eigenvalue weighted by atomic mass is 9.53. The van der Waals surface area contributed by atoms with E-state index < -0.39 is 13.9 Å². The van der Waals surface area contributed by atoms with E-state index in [1.165, 1.54) is 11.1 Å². The number of hydrogen-bond donors (Lipinski definition) is 1. The van der Waals surface area contributed by atoms with Gasteiger partial charge in [-0.2, -0.15) is 0 Å². The lowest BCUT2D eigenvalue weighted by molar-refractivity contribution is -0.119. The Labute approximate surface area is 164 Å². The molecule has 3 aliphatic carbocycles. The van der Waals surface area contributed by atoms with Crippen molar-refractivity contribution in [1.29, 1.82) is 0 Å². The molecule has 0 aliphatic heterocycles. The average Bonchev–Trinajstić information content (AvgIpc) is 2.85. The van der Waals surface area contributed by atoms with E-state index in [2.05, 4.69) is 49.9 Å². The van der Waals surface area contributed by atoms with E-state index in [1.54, 1.807) is 7.11 Å². The molecule has 0 saturated heterocycles. The van der Waals surface area contributed by atoms with Gasteiger partial charge in [-0.05, 0) is 93.3 Å². The molecule has 2 fully saturated rings. The highest BCUT2D eigenvalue weighted by Crippen LogP contribution is 2.62. The third-order valence-corrected chi connectivity index (χ3v) is 8.10.